The number of carbonyl (C=O) groups excluding carboxylic acids is 1. The van der Waals surface area contributed by atoms with Crippen molar-refractivity contribution in [2.45, 2.75) is 38.3 Å². The summed E-state index contributed by atoms with van der Waals surface area (Å²) in [5.74, 6) is 0.190. The fraction of sp³-hybridized carbons (Fsp3) is 0.909. The molecule has 5 heteroatoms. The summed E-state index contributed by atoms with van der Waals surface area (Å²) in [5, 5.41) is 9.46. The van der Waals surface area contributed by atoms with Crippen molar-refractivity contribution >= 4 is 19.4 Å². The lowest BCUT2D eigenvalue weighted by atomic mass is 10.0. The standard InChI is InChI=1S/C11H20N2O2.H2S/c1-9(14)12-5-2-10(3-6-12)13-7-4-11(15)8-13;/h10-11,15H,2-8H2,1H3;1H2. The molecule has 2 fully saturated rings. The van der Waals surface area contributed by atoms with Crippen molar-refractivity contribution in [1.82, 2.24) is 9.80 Å². The van der Waals surface area contributed by atoms with Crippen LogP contribution in [0.3, 0.4) is 0 Å². The number of aliphatic hydroxyl groups excluding tert-OH is 1. The van der Waals surface area contributed by atoms with Crippen molar-refractivity contribution < 1.29 is 9.90 Å². The Hall–Kier alpha value is -0.260. The van der Waals surface area contributed by atoms with E-state index in [0.29, 0.717) is 6.04 Å². The van der Waals surface area contributed by atoms with Gasteiger partial charge in [-0.25, -0.2) is 0 Å². The van der Waals surface area contributed by atoms with Gasteiger partial charge in [-0.1, -0.05) is 0 Å². The Bertz CT molecular complexity index is 242. The number of amides is 1. The van der Waals surface area contributed by atoms with Crippen LogP contribution in [-0.4, -0.2) is 59.1 Å². The summed E-state index contributed by atoms with van der Waals surface area (Å²) in [6.07, 6.45) is 2.90. The molecule has 1 atom stereocenters. The molecule has 0 aromatic carbocycles. The number of hydrogen-bond donors (Lipinski definition) is 1. The van der Waals surface area contributed by atoms with Gasteiger partial charge in [-0.3, -0.25) is 9.69 Å². The molecule has 1 amide bonds. The van der Waals surface area contributed by atoms with Crippen LogP contribution in [0.15, 0.2) is 0 Å². The van der Waals surface area contributed by atoms with Crippen molar-refractivity contribution in [3.8, 4) is 0 Å². The molecule has 0 radical (unpaired) electrons. The van der Waals surface area contributed by atoms with E-state index in [1.165, 1.54) is 0 Å². The molecular weight excluding hydrogens is 224 g/mol. The van der Waals surface area contributed by atoms with E-state index in [2.05, 4.69) is 4.90 Å². The van der Waals surface area contributed by atoms with Crippen molar-refractivity contribution in [3.63, 3.8) is 0 Å². The minimum absolute atomic E-state index is 0. The van der Waals surface area contributed by atoms with Crippen LogP contribution in [0.5, 0.6) is 0 Å². The van der Waals surface area contributed by atoms with Gasteiger partial charge in [-0.05, 0) is 19.3 Å². The molecule has 2 rings (SSSR count). The van der Waals surface area contributed by atoms with Crippen LogP contribution in [0.25, 0.3) is 0 Å². The minimum Gasteiger partial charge on any atom is -0.392 e. The minimum atomic E-state index is -0.129. The lowest BCUT2D eigenvalue weighted by Crippen LogP contribution is -2.45. The summed E-state index contributed by atoms with van der Waals surface area (Å²) in [5.41, 5.74) is 0. The average molecular weight is 246 g/mol. The summed E-state index contributed by atoms with van der Waals surface area (Å²) in [7, 11) is 0. The van der Waals surface area contributed by atoms with E-state index in [1.54, 1.807) is 6.92 Å². The maximum Gasteiger partial charge on any atom is 0.219 e. The van der Waals surface area contributed by atoms with Gasteiger partial charge in [0.1, 0.15) is 0 Å². The molecule has 2 aliphatic rings. The second-order valence-corrected chi connectivity index (χ2v) is 4.67. The summed E-state index contributed by atoms with van der Waals surface area (Å²) < 4.78 is 0. The first-order valence-electron chi connectivity index (χ1n) is 5.84. The molecule has 0 bridgehead atoms. The topological polar surface area (TPSA) is 43.8 Å². The Morgan fingerprint density at radius 1 is 1.19 bits per heavy atom. The van der Waals surface area contributed by atoms with Crippen LogP contribution in [0, 0.1) is 0 Å². The molecule has 16 heavy (non-hydrogen) atoms. The second-order valence-electron chi connectivity index (χ2n) is 4.67. The van der Waals surface area contributed by atoms with Crippen molar-refractivity contribution in [3.05, 3.63) is 0 Å². The van der Waals surface area contributed by atoms with Gasteiger partial charge in [-0.2, -0.15) is 13.5 Å². The van der Waals surface area contributed by atoms with Gasteiger partial charge in [0.05, 0.1) is 6.10 Å². The highest BCUT2D eigenvalue weighted by molar-refractivity contribution is 7.59. The fourth-order valence-electron chi connectivity index (χ4n) is 2.65. The lowest BCUT2D eigenvalue weighted by Gasteiger charge is -2.36. The summed E-state index contributed by atoms with van der Waals surface area (Å²) >= 11 is 0. The molecule has 94 valence electrons. The monoisotopic (exact) mass is 246 g/mol. The van der Waals surface area contributed by atoms with Gasteiger partial charge >= 0.3 is 0 Å². The van der Waals surface area contributed by atoms with E-state index in [0.717, 1.165) is 45.4 Å². The predicted molar refractivity (Wildman–Crippen MR) is 67.9 cm³/mol. The van der Waals surface area contributed by atoms with Gasteiger partial charge in [0.25, 0.3) is 0 Å². The van der Waals surface area contributed by atoms with Crippen LogP contribution in [0.1, 0.15) is 26.2 Å². The van der Waals surface area contributed by atoms with Gasteiger partial charge in [0.2, 0.25) is 5.91 Å². The summed E-state index contributed by atoms with van der Waals surface area (Å²) in [6, 6.07) is 0.581. The third-order valence-corrected chi connectivity index (χ3v) is 3.62. The van der Waals surface area contributed by atoms with Crippen LogP contribution < -0.4 is 0 Å². The zero-order chi connectivity index (χ0) is 10.8. The zero-order valence-corrected chi connectivity index (χ0v) is 10.9. The highest BCUT2D eigenvalue weighted by Crippen LogP contribution is 2.21. The molecule has 1 N–H and O–H groups in total. The number of nitrogens with zero attached hydrogens (tertiary/aromatic N) is 2. The molecule has 0 aromatic heterocycles. The average Bonchev–Trinajstić information content (AvgIpc) is 2.65. The molecular formula is C11H22N2O2S. The molecule has 2 heterocycles. The maximum absolute atomic E-state index is 11.2. The van der Waals surface area contributed by atoms with Crippen molar-refractivity contribution in [2.75, 3.05) is 26.2 Å². The quantitative estimate of drug-likeness (QED) is 0.717. The SMILES string of the molecule is CC(=O)N1CCC(N2CCC(O)C2)CC1.S. The van der Waals surface area contributed by atoms with Gasteiger partial charge in [0, 0.05) is 39.1 Å². The number of aliphatic hydroxyl groups is 1. The third-order valence-electron chi connectivity index (χ3n) is 3.62. The Kier molecular flexibility index (Phi) is 5.08. The Labute approximate surface area is 104 Å². The number of likely N-dealkylation sites (tertiary alicyclic amines) is 2. The molecule has 0 aromatic rings. The number of β-amino-alcohol motifs (C(OH)–C–C–N with tert-alkyl or cyclic N) is 1. The molecule has 0 aliphatic carbocycles. The van der Waals surface area contributed by atoms with E-state index < -0.39 is 0 Å². The smallest absolute Gasteiger partial charge is 0.219 e. The van der Waals surface area contributed by atoms with Crippen LogP contribution >= 0.6 is 13.5 Å². The van der Waals surface area contributed by atoms with Crippen LogP contribution in [0.2, 0.25) is 0 Å². The summed E-state index contributed by atoms with van der Waals surface area (Å²) in [6.45, 7) is 5.25. The molecule has 0 spiro atoms. The van der Waals surface area contributed by atoms with E-state index >= 15 is 0 Å². The van der Waals surface area contributed by atoms with E-state index in [9.17, 15) is 9.90 Å². The van der Waals surface area contributed by atoms with Gasteiger partial charge in [-0.15, -0.1) is 0 Å². The first-order valence-corrected chi connectivity index (χ1v) is 5.84. The third kappa shape index (κ3) is 3.12. The molecule has 1 unspecified atom stereocenters. The van der Waals surface area contributed by atoms with Crippen LogP contribution in [0.4, 0.5) is 0 Å². The van der Waals surface area contributed by atoms with Crippen molar-refractivity contribution in [2.24, 2.45) is 0 Å². The highest BCUT2D eigenvalue weighted by atomic mass is 32.1. The molecule has 2 saturated heterocycles. The molecule has 2 aliphatic heterocycles. The second kappa shape index (κ2) is 5.89. The Balaban J connectivity index is 0.00000128. The number of piperidine rings is 1. The first kappa shape index (κ1) is 13.8. The first-order chi connectivity index (χ1) is 7.16. The highest BCUT2D eigenvalue weighted by Gasteiger charge is 2.30. The molecule has 0 saturated carbocycles. The van der Waals surface area contributed by atoms with Crippen LogP contribution in [-0.2, 0) is 4.79 Å². The Morgan fingerprint density at radius 3 is 2.25 bits per heavy atom. The van der Waals surface area contributed by atoms with E-state index in [-0.39, 0.29) is 25.5 Å². The lowest BCUT2D eigenvalue weighted by molar-refractivity contribution is -0.130. The maximum atomic E-state index is 11.2. The number of rotatable bonds is 1. The fourth-order valence-corrected chi connectivity index (χ4v) is 2.65. The Morgan fingerprint density at radius 2 is 1.81 bits per heavy atom. The largest absolute Gasteiger partial charge is 0.392 e. The molecule has 4 nitrogen and oxygen atoms in total. The normalized spacial score (nSPS) is 27.9. The number of carbonyl (C=O) groups is 1. The van der Waals surface area contributed by atoms with Gasteiger partial charge in [0.15, 0.2) is 0 Å². The summed E-state index contributed by atoms with van der Waals surface area (Å²) in [4.78, 5) is 15.4. The zero-order valence-electron chi connectivity index (χ0n) is 9.85. The van der Waals surface area contributed by atoms with Crippen molar-refractivity contribution in [1.29, 1.82) is 0 Å². The van der Waals surface area contributed by atoms with Gasteiger partial charge < -0.3 is 10.0 Å². The number of hydrogen-bond acceptors (Lipinski definition) is 3. The predicted octanol–water partition coefficient (Wildman–Crippen LogP) is 0.177. The van der Waals surface area contributed by atoms with E-state index in [4.69, 9.17) is 0 Å². The van der Waals surface area contributed by atoms with E-state index in [1.807, 2.05) is 4.90 Å².